The van der Waals surface area contributed by atoms with Crippen molar-refractivity contribution in [3.05, 3.63) is 29.3 Å². The predicted molar refractivity (Wildman–Crippen MR) is 79.0 cm³/mol. The summed E-state index contributed by atoms with van der Waals surface area (Å²) in [6.07, 6.45) is 1.67. The van der Waals surface area contributed by atoms with Gasteiger partial charge in [-0.2, -0.15) is 0 Å². The molecule has 1 unspecified atom stereocenters. The van der Waals surface area contributed by atoms with Crippen LogP contribution in [0.1, 0.15) is 17.5 Å². The van der Waals surface area contributed by atoms with E-state index in [-0.39, 0.29) is 11.7 Å². The zero-order chi connectivity index (χ0) is 14.9. The number of aromatic hydroxyl groups is 1. The zero-order valence-electron chi connectivity index (χ0n) is 12.4. The van der Waals surface area contributed by atoms with Gasteiger partial charge < -0.3 is 20.1 Å². The van der Waals surface area contributed by atoms with E-state index in [1.165, 1.54) is 5.56 Å². The quantitative estimate of drug-likeness (QED) is 0.868. The first-order valence-electron chi connectivity index (χ1n) is 7.44. The van der Waals surface area contributed by atoms with E-state index >= 15 is 0 Å². The lowest BCUT2D eigenvalue weighted by atomic mass is 9.85. The molecule has 0 aromatic heterocycles. The number of fused-ring (bicyclic) bond motifs is 1. The maximum absolute atomic E-state index is 13.0. The van der Waals surface area contributed by atoms with Crippen LogP contribution in [0.25, 0.3) is 0 Å². The number of hydrogen-bond acceptors (Lipinski definition) is 4. The van der Waals surface area contributed by atoms with E-state index in [2.05, 4.69) is 5.32 Å². The van der Waals surface area contributed by atoms with Crippen LogP contribution in [-0.2, 0) is 22.5 Å². The van der Waals surface area contributed by atoms with Gasteiger partial charge in [0.15, 0.2) is 0 Å². The third kappa shape index (κ3) is 2.63. The fourth-order valence-corrected chi connectivity index (χ4v) is 3.44. The van der Waals surface area contributed by atoms with Crippen LogP contribution in [-0.4, -0.2) is 49.3 Å². The van der Waals surface area contributed by atoms with Gasteiger partial charge in [0.1, 0.15) is 5.75 Å². The Morgan fingerprint density at radius 1 is 1.48 bits per heavy atom. The van der Waals surface area contributed by atoms with Crippen molar-refractivity contribution in [2.45, 2.75) is 19.4 Å². The summed E-state index contributed by atoms with van der Waals surface area (Å²) in [6, 6.07) is 5.43. The number of rotatable bonds is 3. The first-order chi connectivity index (χ1) is 10.1. The molecular formula is C16H22N2O3. The molecule has 2 heterocycles. The van der Waals surface area contributed by atoms with Crippen molar-refractivity contribution >= 4 is 5.91 Å². The fraction of sp³-hybridized carbons (Fsp3) is 0.562. The number of amides is 1. The van der Waals surface area contributed by atoms with Gasteiger partial charge in [0.25, 0.3) is 0 Å². The van der Waals surface area contributed by atoms with Gasteiger partial charge in [0.05, 0.1) is 12.0 Å². The molecule has 2 N–H and O–H groups in total. The van der Waals surface area contributed by atoms with Crippen LogP contribution in [0, 0.1) is 5.41 Å². The molecule has 5 nitrogen and oxygen atoms in total. The van der Waals surface area contributed by atoms with Crippen LogP contribution < -0.4 is 5.32 Å². The zero-order valence-corrected chi connectivity index (χ0v) is 12.4. The number of phenolic OH excluding ortho intramolecular Hbond substituents is 1. The van der Waals surface area contributed by atoms with Crippen molar-refractivity contribution in [3.8, 4) is 5.75 Å². The summed E-state index contributed by atoms with van der Waals surface area (Å²) in [7, 11) is 1.65. The van der Waals surface area contributed by atoms with Gasteiger partial charge in [-0.05, 0) is 42.6 Å². The summed E-state index contributed by atoms with van der Waals surface area (Å²) in [6.45, 7) is 3.32. The summed E-state index contributed by atoms with van der Waals surface area (Å²) < 4.78 is 5.30. The molecule has 0 radical (unpaired) electrons. The van der Waals surface area contributed by atoms with Gasteiger partial charge in [-0.15, -0.1) is 0 Å². The minimum absolute atomic E-state index is 0.170. The Morgan fingerprint density at radius 2 is 2.33 bits per heavy atom. The van der Waals surface area contributed by atoms with Crippen LogP contribution in [0.3, 0.4) is 0 Å². The molecule has 3 rings (SSSR count). The second-order valence-electron chi connectivity index (χ2n) is 6.07. The summed E-state index contributed by atoms with van der Waals surface area (Å²) in [5.74, 6) is 0.431. The minimum Gasteiger partial charge on any atom is -0.508 e. The lowest BCUT2D eigenvalue weighted by Crippen LogP contribution is -2.49. The summed E-state index contributed by atoms with van der Waals surface area (Å²) in [5, 5.41) is 12.9. The molecule has 5 heteroatoms. The Kier molecular flexibility index (Phi) is 3.87. The van der Waals surface area contributed by atoms with E-state index in [0.29, 0.717) is 19.7 Å². The van der Waals surface area contributed by atoms with E-state index in [1.807, 2.05) is 11.0 Å². The highest BCUT2D eigenvalue weighted by Gasteiger charge is 2.44. The maximum Gasteiger partial charge on any atom is 0.232 e. The smallest absolute Gasteiger partial charge is 0.232 e. The van der Waals surface area contributed by atoms with E-state index < -0.39 is 5.41 Å². The molecule has 2 aliphatic rings. The van der Waals surface area contributed by atoms with E-state index in [4.69, 9.17) is 4.74 Å². The SMILES string of the molecule is COCC1(C(=O)N2CCc3ccc(O)cc3C2)CCNC1. The normalized spacial score (nSPS) is 24.9. The van der Waals surface area contributed by atoms with Crippen molar-refractivity contribution in [3.63, 3.8) is 0 Å². The second kappa shape index (κ2) is 5.66. The topological polar surface area (TPSA) is 61.8 Å². The van der Waals surface area contributed by atoms with E-state index in [0.717, 1.165) is 31.5 Å². The van der Waals surface area contributed by atoms with Crippen molar-refractivity contribution in [2.75, 3.05) is 33.4 Å². The molecule has 21 heavy (non-hydrogen) atoms. The lowest BCUT2D eigenvalue weighted by Gasteiger charge is -2.36. The molecule has 0 bridgehead atoms. The molecular weight excluding hydrogens is 268 g/mol. The molecule has 1 atom stereocenters. The van der Waals surface area contributed by atoms with E-state index in [9.17, 15) is 9.90 Å². The molecule has 1 fully saturated rings. The number of hydrogen-bond donors (Lipinski definition) is 2. The molecule has 1 aromatic rings. The van der Waals surface area contributed by atoms with Gasteiger partial charge in [0, 0.05) is 26.7 Å². The lowest BCUT2D eigenvalue weighted by molar-refractivity contribution is -0.145. The summed E-state index contributed by atoms with van der Waals surface area (Å²) in [5.41, 5.74) is 1.85. The molecule has 114 valence electrons. The number of ether oxygens (including phenoxy) is 1. The van der Waals surface area contributed by atoms with Gasteiger partial charge in [-0.3, -0.25) is 4.79 Å². The first-order valence-corrected chi connectivity index (χ1v) is 7.44. The fourth-order valence-electron chi connectivity index (χ4n) is 3.44. The Bertz CT molecular complexity index is 538. The summed E-state index contributed by atoms with van der Waals surface area (Å²) in [4.78, 5) is 14.9. The van der Waals surface area contributed by atoms with Crippen LogP contribution in [0.15, 0.2) is 18.2 Å². The van der Waals surface area contributed by atoms with Crippen LogP contribution in [0.4, 0.5) is 0 Å². The number of benzene rings is 1. The monoisotopic (exact) mass is 290 g/mol. The van der Waals surface area contributed by atoms with Crippen molar-refractivity contribution in [1.82, 2.24) is 10.2 Å². The maximum atomic E-state index is 13.0. The second-order valence-corrected chi connectivity index (χ2v) is 6.07. The van der Waals surface area contributed by atoms with E-state index in [1.54, 1.807) is 19.2 Å². The van der Waals surface area contributed by atoms with Crippen LogP contribution >= 0.6 is 0 Å². The predicted octanol–water partition coefficient (Wildman–Crippen LogP) is 0.903. The van der Waals surface area contributed by atoms with Gasteiger partial charge in [-0.1, -0.05) is 6.07 Å². The highest BCUT2D eigenvalue weighted by atomic mass is 16.5. The highest BCUT2D eigenvalue weighted by molar-refractivity contribution is 5.84. The number of phenols is 1. The van der Waals surface area contributed by atoms with Crippen molar-refractivity contribution in [1.29, 1.82) is 0 Å². The van der Waals surface area contributed by atoms with Gasteiger partial charge >= 0.3 is 0 Å². The van der Waals surface area contributed by atoms with Crippen molar-refractivity contribution in [2.24, 2.45) is 5.41 Å². The largest absolute Gasteiger partial charge is 0.508 e. The number of nitrogens with zero attached hydrogens (tertiary/aromatic N) is 1. The number of methoxy groups -OCH3 is 1. The highest BCUT2D eigenvalue weighted by Crippen LogP contribution is 2.31. The molecule has 0 aliphatic carbocycles. The Labute approximate surface area is 124 Å². The Balaban J connectivity index is 1.80. The molecule has 1 saturated heterocycles. The van der Waals surface area contributed by atoms with Gasteiger partial charge in [0.2, 0.25) is 5.91 Å². The van der Waals surface area contributed by atoms with Crippen LogP contribution in [0.5, 0.6) is 5.75 Å². The molecule has 0 spiro atoms. The molecule has 1 aromatic carbocycles. The minimum atomic E-state index is -0.428. The number of carbonyl (C=O) groups excluding carboxylic acids is 1. The van der Waals surface area contributed by atoms with Gasteiger partial charge in [-0.25, -0.2) is 0 Å². The third-order valence-electron chi connectivity index (χ3n) is 4.61. The molecule has 2 aliphatic heterocycles. The Hall–Kier alpha value is -1.59. The average Bonchev–Trinajstić information content (AvgIpc) is 2.96. The first kappa shape index (κ1) is 14.4. The van der Waals surface area contributed by atoms with Crippen molar-refractivity contribution < 1.29 is 14.6 Å². The molecule has 1 amide bonds. The van der Waals surface area contributed by atoms with Crippen LogP contribution in [0.2, 0.25) is 0 Å². The number of nitrogens with one attached hydrogen (secondary N) is 1. The average molecular weight is 290 g/mol. The third-order valence-corrected chi connectivity index (χ3v) is 4.61. The number of carbonyl (C=O) groups is 1. The summed E-state index contributed by atoms with van der Waals surface area (Å²) >= 11 is 0. The standard InChI is InChI=1S/C16H22N2O3/c1-21-11-16(5-6-17-10-16)15(20)18-7-4-12-2-3-14(19)8-13(12)9-18/h2-3,8,17,19H,4-7,9-11H2,1H3. The molecule has 0 saturated carbocycles. The Morgan fingerprint density at radius 3 is 3.05 bits per heavy atom.